The van der Waals surface area contributed by atoms with Gasteiger partial charge in [-0.2, -0.15) is 0 Å². The van der Waals surface area contributed by atoms with E-state index in [1.54, 1.807) is 18.2 Å². The molecule has 4 nitrogen and oxygen atoms in total. The lowest BCUT2D eigenvalue weighted by Gasteiger charge is -1.95. The van der Waals surface area contributed by atoms with Crippen molar-refractivity contribution in [3.05, 3.63) is 40.0 Å². The molecular weight excluding hydrogens is 237 g/mol. The summed E-state index contributed by atoms with van der Waals surface area (Å²) in [5, 5.41) is 15.9. The molecule has 0 atom stereocenters. The van der Waals surface area contributed by atoms with Gasteiger partial charge in [-0.3, -0.25) is 0 Å². The zero-order valence-corrected chi connectivity index (χ0v) is 9.16. The molecule has 0 radical (unpaired) electrons. The number of nitrogens with zero attached hydrogens (tertiary/aromatic N) is 3. The Morgan fingerprint density at radius 2 is 2.27 bits per heavy atom. The van der Waals surface area contributed by atoms with Crippen molar-refractivity contribution < 1.29 is 4.85 Å². The van der Waals surface area contributed by atoms with Crippen LogP contribution in [0.25, 0.3) is 11.0 Å². The van der Waals surface area contributed by atoms with Crippen molar-refractivity contribution in [3.63, 3.8) is 0 Å². The fourth-order valence-corrected chi connectivity index (χ4v) is 1.78. The highest BCUT2D eigenvalue weighted by Crippen LogP contribution is 2.28. The first kappa shape index (κ1) is 10.3. The number of hydrogen-bond acceptors (Lipinski definition) is 2. The van der Waals surface area contributed by atoms with E-state index in [-0.39, 0.29) is 0 Å². The van der Waals surface area contributed by atoms with E-state index in [1.165, 1.54) is 4.68 Å². The summed E-state index contributed by atoms with van der Waals surface area (Å²) < 4.78 is 1.46. The summed E-state index contributed by atoms with van der Waals surface area (Å²) in [6.45, 7) is 3.98. The predicted molar refractivity (Wildman–Crippen MR) is 58.9 cm³/mol. The Morgan fingerprint density at radius 1 is 1.53 bits per heavy atom. The minimum atomic E-state index is 0.332. The second-order valence-corrected chi connectivity index (χ2v) is 3.75. The Hall–Kier alpha value is -1.26. The van der Waals surface area contributed by atoms with E-state index < -0.39 is 0 Å². The maximum atomic E-state index is 11.4. The summed E-state index contributed by atoms with van der Waals surface area (Å²) in [7, 11) is 0. The Morgan fingerprint density at radius 3 is 2.93 bits per heavy atom. The molecule has 2 aromatic rings. The normalized spacial score (nSPS) is 10.8. The molecule has 1 aromatic carbocycles. The quantitative estimate of drug-likeness (QED) is 0.461. The van der Waals surface area contributed by atoms with Crippen LogP contribution in [0, 0.1) is 5.21 Å². The minimum absolute atomic E-state index is 0.332. The fourth-order valence-electron chi connectivity index (χ4n) is 1.37. The summed E-state index contributed by atoms with van der Waals surface area (Å²) >= 11 is 11.9. The van der Waals surface area contributed by atoms with E-state index in [9.17, 15) is 5.21 Å². The van der Waals surface area contributed by atoms with Gasteiger partial charge in [0, 0.05) is 0 Å². The van der Waals surface area contributed by atoms with Crippen molar-refractivity contribution >= 4 is 34.2 Å². The van der Waals surface area contributed by atoms with Crippen molar-refractivity contribution in [2.24, 2.45) is 0 Å². The van der Waals surface area contributed by atoms with Crippen LogP contribution in [0.5, 0.6) is 0 Å². The second kappa shape index (κ2) is 3.72. The Bertz CT molecular complexity index is 536. The topological polar surface area (TPSA) is 44.8 Å². The Kier molecular flexibility index (Phi) is 2.54. The van der Waals surface area contributed by atoms with Gasteiger partial charge in [0.2, 0.25) is 11.0 Å². The van der Waals surface area contributed by atoms with Crippen LogP contribution in [0.1, 0.15) is 0 Å². The molecule has 1 aromatic heterocycles. The highest BCUT2D eigenvalue weighted by atomic mass is 35.5. The van der Waals surface area contributed by atoms with Gasteiger partial charge in [0.1, 0.15) is 11.6 Å². The first-order valence-electron chi connectivity index (χ1n) is 4.20. The number of hydrogen-bond donors (Lipinski definition) is 0. The third kappa shape index (κ3) is 1.56. The average molecular weight is 244 g/mol. The van der Waals surface area contributed by atoms with Crippen molar-refractivity contribution in [1.82, 2.24) is 9.90 Å². The first-order chi connectivity index (χ1) is 7.15. The first-order valence-corrected chi connectivity index (χ1v) is 4.96. The number of aromatic nitrogens is 3. The molecule has 15 heavy (non-hydrogen) atoms. The van der Waals surface area contributed by atoms with Gasteiger partial charge in [-0.05, 0) is 18.2 Å². The molecule has 0 spiro atoms. The summed E-state index contributed by atoms with van der Waals surface area (Å²) in [4.78, 5) is 0.515. The van der Waals surface area contributed by atoms with Gasteiger partial charge in [0.25, 0.3) is 0 Å². The molecule has 78 valence electrons. The molecule has 1 heterocycles. The molecule has 0 saturated carbocycles. The van der Waals surface area contributed by atoms with Crippen LogP contribution in [0.15, 0.2) is 24.8 Å². The van der Waals surface area contributed by atoms with Gasteiger partial charge in [-0.1, -0.05) is 29.8 Å². The van der Waals surface area contributed by atoms with Crippen LogP contribution >= 0.6 is 23.2 Å². The summed E-state index contributed by atoms with van der Waals surface area (Å²) in [6.07, 6.45) is 1.63. The molecule has 0 aliphatic rings. The van der Waals surface area contributed by atoms with Crippen LogP contribution in [0.2, 0.25) is 10.0 Å². The molecule has 0 saturated heterocycles. The molecule has 0 unspecified atom stereocenters. The van der Waals surface area contributed by atoms with Crippen molar-refractivity contribution in [3.8, 4) is 0 Å². The molecule has 0 fully saturated rings. The van der Waals surface area contributed by atoms with Crippen LogP contribution in [0.4, 0.5) is 0 Å². The van der Waals surface area contributed by atoms with E-state index in [0.717, 1.165) is 0 Å². The molecule has 0 aliphatic heterocycles. The third-order valence-electron chi connectivity index (χ3n) is 2.00. The largest absolute Gasteiger partial charge is 0.691 e. The summed E-state index contributed by atoms with van der Waals surface area (Å²) in [5.74, 6) is 0. The smallest absolute Gasteiger partial charge is 0.219 e. The van der Waals surface area contributed by atoms with Gasteiger partial charge in [-0.25, -0.2) is 0 Å². The van der Waals surface area contributed by atoms with Crippen molar-refractivity contribution in [2.45, 2.75) is 6.54 Å². The van der Waals surface area contributed by atoms with E-state index in [0.29, 0.717) is 32.5 Å². The standard InChI is InChI=1S/C9H7Cl2N3O/c1-2-5-13-9-7(14(15)12-13)4-3-6(10)8(9)11/h2-4H,1,5H2. The van der Waals surface area contributed by atoms with Gasteiger partial charge in [0.05, 0.1) is 10.2 Å². The lowest BCUT2D eigenvalue weighted by Crippen LogP contribution is -2.29. The zero-order chi connectivity index (χ0) is 11.0. The third-order valence-corrected chi connectivity index (χ3v) is 2.80. The summed E-state index contributed by atoms with van der Waals surface area (Å²) in [5.41, 5.74) is 0.922. The Labute approximate surface area is 95.9 Å². The van der Waals surface area contributed by atoms with Gasteiger partial charge in [0.15, 0.2) is 0 Å². The van der Waals surface area contributed by atoms with Gasteiger partial charge >= 0.3 is 0 Å². The van der Waals surface area contributed by atoms with Crippen LogP contribution in [-0.2, 0) is 6.54 Å². The van der Waals surface area contributed by atoms with E-state index in [1.807, 2.05) is 0 Å². The van der Waals surface area contributed by atoms with Crippen LogP contribution in [-0.4, -0.2) is 9.90 Å². The second-order valence-electron chi connectivity index (χ2n) is 2.96. The highest BCUT2D eigenvalue weighted by Gasteiger charge is 2.18. The zero-order valence-electron chi connectivity index (χ0n) is 7.65. The van der Waals surface area contributed by atoms with Crippen LogP contribution in [0.3, 0.4) is 0 Å². The Balaban J connectivity index is 2.82. The lowest BCUT2D eigenvalue weighted by molar-refractivity contribution is -0.646. The van der Waals surface area contributed by atoms with Gasteiger partial charge < -0.3 is 5.21 Å². The number of rotatable bonds is 2. The van der Waals surface area contributed by atoms with Crippen LogP contribution < -0.4 is 4.85 Å². The SMILES string of the molecule is C=CCn1n[n+]([O-])c2ccc(Cl)c(Cl)c21. The minimum Gasteiger partial charge on any atom is -0.691 e. The van der Waals surface area contributed by atoms with Crippen molar-refractivity contribution in [1.29, 1.82) is 0 Å². The van der Waals surface area contributed by atoms with E-state index >= 15 is 0 Å². The molecule has 0 N–H and O–H groups in total. The maximum Gasteiger partial charge on any atom is 0.219 e. The number of fused-ring (bicyclic) bond motifs is 1. The molecular formula is C9H7Cl2N3O. The monoisotopic (exact) mass is 243 g/mol. The molecule has 0 aliphatic carbocycles. The summed E-state index contributed by atoms with van der Waals surface area (Å²) in [6, 6.07) is 3.16. The molecule has 2 rings (SSSR count). The lowest BCUT2D eigenvalue weighted by atomic mass is 10.3. The maximum absolute atomic E-state index is 11.4. The molecule has 6 heteroatoms. The number of halogens is 2. The van der Waals surface area contributed by atoms with Crippen molar-refractivity contribution in [2.75, 3.05) is 0 Å². The molecule has 0 amide bonds. The molecule has 0 bridgehead atoms. The van der Waals surface area contributed by atoms with E-state index in [2.05, 4.69) is 11.8 Å². The number of allylic oxidation sites excluding steroid dienone is 1. The fraction of sp³-hybridized carbons (Fsp3) is 0.111. The van der Waals surface area contributed by atoms with E-state index in [4.69, 9.17) is 23.2 Å². The highest BCUT2D eigenvalue weighted by molar-refractivity contribution is 6.44. The average Bonchev–Trinajstić information content (AvgIpc) is 2.51. The predicted octanol–water partition coefficient (Wildman–Crippen LogP) is 2.16. The van der Waals surface area contributed by atoms with Gasteiger partial charge in [-0.15, -0.1) is 9.53 Å². The number of benzene rings is 1.